The number of hydrogen-bond donors (Lipinski definition) is 2. The van der Waals surface area contributed by atoms with Gasteiger partial charge in [-0.2, -0.15) is 0 Å². The van der Waals surface area contributed by atoms with E-state index in [0.29, 0.717) is 30.4 Å². The fourth-order valence-corrected chi connectivity index (χ4v) is 2.04. The Labute approximate surface area is 130 Å². The van der Waals surface area contributed by atoms with Crippen LogP contribution in [0.1, 0.15) is 27.4 Å². The first kappa shape index (κ1) is 15.7. The van der Waals surface area contributed by atoms with Gasteiger partial charge >= 0.3 is 0 Å². The fourth-order valence-electron chi connectivity index (χ4n) is 2.04. The minimum absolute atomic E-state index is 0.232. The molecular formula is C17H20N4O. The van der Waals surface area contributed by atoms with Crippen LogP contribution in [0.3, 0.4) is 0 Å². The molecule has 1 heterocycles. The van der Waals surface area contributed by atoms with E-state index in [0.717, 1.165) is 5.56 Å². The summed E-state index contributed by atoms with van der Waals surface area (Å²) >= 11 is 0. The second kappa shape index (κ2) is 7.36. The van der Waals surface area contributed by atoms with Gasteiger partial charge in [0.2, 0.25) is 0 Å². The van der Waals surface area contributed by atoms with Crippen molar-refractivity contribution in [3.8, 4) is 0 Å². The molecule has 0 bridgehead atoms. The third-order valence-electron chi connectivity index (χ3n) is 3.03. The van der Waals surface area contributed by atoms with Gasteiger partial charge in [-0.3, -0.25) is 4.79 Å². The number of nitrogens with zero attached hydrogens (tertiary/aromatic N) is 2. The second-order valence-corrected chi connectivity index (χ2v) is 5.03. The largest absolute Gasteiger partial charge is 0.366 e. The van der Waals surface area contributed by atoms with Gasteiger partial charge in [0.1, 0.15) is 17.3 Å². The Bertz CT molecular complexity index is 682. The Morgan fingerprint density at radius 1 is 1.27 bits per heavy atom. The topological polar surface area (TPSA) is 66.9 Å². The molecule has 0 aliphatic heterocycles. The van der Waals surface area contributed by atoms with Gasteiger partial charge in [0.25, 0.3) is 5.91 Å². The Kier molecular flexibility index (Phi) is 5.25. The van der Waals surface area contributed by atoms with Crippen LogP contribution in [0.5, 0.6) is 0 Å². The molecule has 0 aliphatic rings. The molecule has 5 nitrogen and oxygen atoms in total. The first-order valence-electron chi connectivity index (χ1n) is 7.12. The average Bonchev–Trinajstić information content (AvgIpc) is 2.50. The van der Waals surface area contributed by atoms with Crippen molar-refractivity contribution in [2.45, 2.75) is 20.4 Å². The number of hydrogen-bond acceptors (Lipinski definition) is 4. The number of aromatic nitrogens is 2. The van der Waals surface area contributed by atoms with Crippen molar-refractivity contribution in [2.75, 3.05) is 11.9 Å². The molecule has 0 radical (unpaired) electrons. The van der Waals surface area contributed by atoms with Gasteiger partial charge in [0, 0.05) is 19.2 Å². The highest BCUT2D eigenvalue weighted by Gasteiger charge is 2.09. The van der Waals surface area contributed by atoms with Crippen LogP contribution in [0.2, 0.25) is 0 Å². The molecule has 0 spiro atoms. The predicted molar refractivity (Wildman–Crippen MR) is 87.8 cm³/mol. The van der Waals surface area contributed by atoms with Gasteiger partial charge in [0.05, 0.1) is 0 Å². The van der Waals surface area contributed by atoms with Crippen molar-refractivity contribution in [1.29, 1.82) is 0 Å². The van der Waals surface area contributed by atoms with Gasteiger partial charge in [-0.25, -0.2) is 9.97 Å². The van der Waals surface area contributed by atoms with Crippen molar-refractivity contribution >= 4 is 11.7 Å². The third-order valence-corrected chi connectivity index (χ3v) is 3.03. The summed E-state index contributed by atoms with van der Waals surface area (Å²) in [4.78, 5) is 20.4. The summed E-state index contributed by atoms with van der Waals surface area (Å²) in [5, 5.41) is 5.94. The molecule has 0 aliphatic carbocycles. The lowest BCUT2D eigenvalue weighted by atomic mass is 10.1. The van der Waals surface area contributed by atoms with Gasteiger partial charge in [-0.05, 0) is 19.4 Å². The number of rotatable bonds is 6. The van der Waals surface area contributed by atoms with Crippen LogP contribution in [0.25, 0.3) is 0 Å². The van der Waals surface area contributed by atoms with Crippen molar-refractivity contribution in [1.82, 2.24) is 15.3 Å². The fraction of sp³-hybridized carbons (Fsp3) is 0.235. The second-order valence-electron chi connectivity index (χ2n) is 5.03. The van der Waals surface area contributed by atoms with E-state index in [-0.39, 0.29) is 5.91 Å². The maximum atomic E-state index is 11.9. The minimum atomic E-state index is -0.232. The van der Waals surface area contributed by atoms with E-state index in [1.165, 1.54) is 5.56 Å². The van der Waals surface area contributed by atoms with Crippen molar-refractivity contribution in [3.63, 3.8) is 0 Å². The van der Waals surface area contributed by atoms with Crippen LogP contribution in [-0.2, 0) is 6.54 Å². The Balaban J connectivity index is 2.09. The first-order chi connectivity index (χ1) is 10.6. The van der Waals surface area contributed by atoms with Gasteiger partial charge in [-0.1, -0.05) is 35.9 Å². The summed E-state index contributed by atoms with van der Waals surface area (Å²) in [6.45, 7) is 8.45. The van der Waals surface area contributed by atoms with Crippen molar-refractivity contribution in [3.05, 3.63) is 65.6 Å². The van der Waals surface area contributed by atoms with E-state index in [9.17, 15) is 4.79 Å². The van der Waals surface area contributed by atoms with Crippen LogP contribution in [-0.4, -0.2) is 22.4 Å². The summed E-state index contributed by atoms with van der Waals surface area (Å²) < 4.78 is 0. The first-order valence-corrected chi connectivity index (χ1v) is 7.12. The van der Waals surface area contributed by atoms with Gasteiger partial charge in [-0.15, -0.1) is 6.58 Å². The summed E-state index contributed by atoms with van der Waals surface area (Å²) in [5.74, 6) is 0.958. The molecule has 1 aromatic carbocycles. The molecule has 0 fully saturated rings. The van der Waals surface area contributed by atoms with Crippen LogP contribution in [0.15, 0.2) is 43.0 Å². The Morgan fingerprint density at radius 2 is 2.09 bits per heavy atom. The molecule has 0 saturated heterocycles. The number of nitrogens with one attached hydrogen (secondary N) is 2. The molecule has 1 amide bonds. The lowest BCUT2D eigenvalue weighted by Crippen LogP contribution is -2.24. The van der Waals surface area contributed by atoms with Crippen LogP contribution >= 0.6 is 0 Å². The molecule has 5 heteroatoms. The van der Waals surface area contributed by atoms with Crippen molar-refractivity contribution in [2.24, 2.45) is 0 Å². The number of anilines is 1. The van der Waals surface area contributed by atoms with E-state index >= 15 is 0 Å². The standard InChI is InChI=1S/C17H20N4O/c1-4-8-18-17(22)15-10-16(21-13(3)20-15)19-11-14-7-5-6-12(2)9-14/h4-7,9-10H,1,8,11H2,2-3H3,(H,18,22)(H,19,20,21). The zero-order valence-electron chi connectivity index (χ0n) is 12.9. The number of benzene rings is 1. The third kappa shape index (κ3) is 4.41. The van der Waals surface area contributed by atoms with Gasteiger partial charge in [0.15, 0.2) is 0 Å². The Morgan fingerprint density at radius 3 is 2.82 bits per heavy atom. The number of carbonyl (C=O) groups excluding carboxylic acids is 1. The molecule has 1 aromatic heterocycles. The molecule has 22 heavy (non-hydrogen) atoms. The highest BCUT2D eigenvalue weighted by molar-refractivity contribution is 5.93. The number of aryl methyl sites for hydroxylation is 2. The number of carbonyl (C=O) groups is 1. The molecule has 0 atom stereocenters. The molecule has 2 N–H and O–H groups in total. The highest BCUT2D eigenvalue weighted by atomic mass is 16.1. The Hall–Kier alpha value is -2.69. The van der Waals surface area contributed by atoms with Crippen LogP contribution in [0.4, 0.5) is 5.82 Å². The zero-order valence-corrected chi connectivity index (χ0v) is 12.9. The van der Waals surface area contributed by atoms with E-state index in [2.05, 4.69) is 46.2 Å². The van der Waals surface area contributed by atoms with Gasteiger partial charge < -0.3 is 10.6 Å². The molecular weight excluding hydrogens is 276 g/mol. The molecule has 0 unspecified atom stereocenters. The van der Waals surface area contributed by atoms with E-state index in [1.54, 1.807) is 19.1 Å². The summed E-state index contributed by atoms with van der Waals surface area (Å²) in [7, 11) is 0. The van der Waals surface area contributed by atoms with Crippen LogP contribution in [0, 0.1) is 13.8 Å². The lowest BCUT2D eigenvalue weighted by Gasteiger charge is -2.09. The maximum Gasteiger partial charge on any atom is 0.270 e. The minimum Gasteiger partial charge on any atom is -0.366 e. The number of amides is 1. The smallest absolute Gasteiger partial charge is 0.270 e. The normalized spacial score (nSPS) is 10.1. The van der Waals surface area contributed by atoms with E-state index < -0.39 is 0 Å². The maximum absolute atomic E-state index is 11.9. The summed E-state index contributed by atoms with van der Waals surface area (Å²) in [5.41, 5.74) is 2.72. The zero-order chi connectivity index (χ0) is 15.9. The average molecular weight is 296 g/mol. The SMILES string of the molecule is C=CCNC(=O)c1cc(NCc2cccc(C)c2)nc(C)n1. The molecule has 114 valence electrons. The van der Waals surface area contributed by atoms with Crippen molar-refractivity contribution < 1.29 is 4.79 Å². The van der Waals surface area contributed by atoms with E-state index in [4.69, 9.17) is 0 Å². The lowest BCUT2D eigenvalue weighted by molar-refractivity contribution is 0.0952. The van der Waals surface area contributed by atoms with Crippen LogP contribution < -0.4 is 10.6 Å². The van der Waals surface area contributed by atoms with E-state index in [1.807, 2.05) is 12.1 Å². The molecule has 0 saturated carbocycles. The molecule has 2 aromatic rings. The highest BCUT2D eigenvalue weighted by Crippen LogP contribution is 2.10. The summed E-state index contributed by atoms with van der Waals surface area (Å²) in [6, 6.07) is 9.89. The predicted octanol–water partition coefficient (Wildman–Crippen LogP) is 2.62. The monoisotopic (exact) mass is 296 g/mol. The molecule has 2 rings (SSSR count). The summed E-state index contributed by atoms with van der Waals surface area (Å²) in [6.07, 6.45) is 1.63. The quantitative estimate of drug-likeness (QED) is 0.804.